The SMILES string of the molecule is CC[Si](CC)(CC)O[C@H](C[C@@H](O)CC#C[Si](C)(C)C)C[C@@H](C)O[Si](C)(C)C(C)(C)C. The van der Waals surface area contributed by atoms with E-state index in [4.69, 9.17) is 8.85 Å². The zero-order chi connectivity index (χ0) is 23.8. The third-order valence-electron chi connectivity index (χ3n) is 6.58. The fourth-order valence-electron chi connectivity index (χ4n) is 3.46. The van der Waals surface area contributed by atoms with E-state index in [-0.39, 0.29) is 17.2 Å². The van der Waals surface area contributed by atoms with E-state index in [1.807, 2.05) is 0 Å². The summed E-state index contributed by atoms with van der Waals surface area (Å²) in [5.74, 6) is 3.24. The van der Waals surface area contributed by atoms with Gasteiger partial charge < -0.3 is 14.0 Å². The normalized spacial score (nSPS) is 16.6. The van der Waals surface area contributed by atoms with Gasteiger partial charge in [0, 0.05) is 18.6 Å². The zero-order valence-corrected chi connectivity index (χ0v) is 25.2. The van der Waals surface area contributed by atoms with Gasteiger partial charge in [0.05, 0.1) is 6.10 Å². The molecule has 30 heavy (non-hydrogen) atoms. The van der Waals surface area contributed by atoms with Gasteiger partial charge in [0.2, 0.25) is 0 Å². The monoisotopic (exact) mass is 472 g/mol. The van der Waals surface area contributed by atoms with Gasteiger partial charge in [-0.3, -0.25) is 0 Å². The van der Waals surface area contributed by atoms with Crippen LogP contribution in [0.25, 0.3) is 0 Å². The van der Waals surface area contributed by atoms with Crippen LogP contribution in [0.3, 0.4) is 0 Å². The molecule has 0 fully saturated rings. The first-order valence-electron chi connectivity index (χ1n) is 12.0. The van der Waals surface area contributed by atoms with Crippen molar-refractivity contribution in [3.8, 4) is 11.5 Å². The number of hydrogen-bond acceptors (Lipinski definition) is 3. The lowest BCUT2D eigenvalue weighted by molar-refractivity contribution is 0.0571. The van der Waals surface area contributed by atoms with Crippen molar-refractivity contribution in [2.45, 2.75) is 142 Å². The fraction of sp³-hybridized carbons (Fsp3) is 0.917. The van der Waals surface area contributed by atoms with Gasteiger partial charge in [-0.05, 0) is 56.0 Å². The van der Waals surface area contributed by atoms with Gasteiger partial charge in [-0.1, -0.05) is 61.2 Å². The van der Waals surface area contributed by atoms with Crippen molar-refractivity contribution < 1.29 is 14.0 Å². The lowest BCUT2D eigenvalue weighted by atomic mass is 10.0. The van der Waals surface area contributed by atoms with Crippen LogP contribution in [0.4, 0.5) is 0 Å². The Hall–Kier alpha value is 0.0906. The highest BCUT2D eigenvalue weighted by molar-refractivity contribution is 6.83. The van der Waals surface area contributed by atoms with Crippen molar-refractivity contribution in [1.82, 2.24) is 0 Å². The van der Waals surface area contributed by atoms with E-state index >= 15 is 0 Å². The first-order valence-corrected chi connectivity index (χ1v) is 21.0. The van der Waals surface area contributed by atoms with Gasteiger partial charge >= 0.3 is 0 Å². The maximum Gasteiger partial charge on any atom is 0.192 e. The smallest absolute Gasteiger partial charge is 0.192 e. The second kappa shape index (κ2) is 12.4. The first kappa shape index (κ1) is 30.1. The van der Waals surface area contributed by atoms with Crippen molar-refractivity contribution in [3.63, 3.8) is 0 Å². The van der Waals surface area contributed by atoms with Gasteiger partial charge in [-0.2, -0.15) is 0 Å². The molecule has 6 heteroatoms. The Balaban J connectivity index is 5.35. The molecule has 0 unspecified atom stereocenters. The quantitative estimate of drug-likeness (QED) is 0.241. The maximum atomic E-state index is 10.7. The van der Waals surface area contributed by atoms with E-state index < -0.39 is 30.8 Å². The van der Waals surface area contributed by atoms with E-state index in [9.17, 15) is 5.11 Å². The van der Waals surface area contributed by atoms with Gasteiger partial charge in [0.15, 0.2) is 16.6 Å². The zero-order valence-electron chi connectivity index (χ0n) is 22.2. The Labute approximate surface area is 192 Å². The Morgan fingerprint density at radius 1 is 0.867 bits per heavy atom. The molecule has 0 aromatic rings. The minimum Gasteiger partial charge on any atom is -0.414 e. The van der Waals surface area contributed by atoms with Crippen LogP contribution in [0, 0.1) is 11.5 Å². The Kier molecular flexibility index (Phi) is 12.4. The third-order valence-corrected chi connectivity index (χ3v) is 16.8. The average molecular weight is 473 g/mol. The molecule has 0 aliphatic heterocycles. The molecular weight excluding hydrogens is 421 g/mol. The molecule has 0 heterocycles. The summed E-state index contributed by atoms with van der Waals surface area (Å²) in [7, 11) is -4.98. The van der Waals surface area contributed by atoms with Gasteiger partial charge in [-0.15, -0.1) is 11.5 Å². The maximum absolute atomic E-state index is 10.7. The molecule has 0 aliphatic carbocycles. The van der Waals surface area contributed by atoms with E-state index in [0.29, 0.717) is 12.8 Å². The predicted molar refractivity (Wildman–Crippen MR) is 141 cm³/mol. The second-order valence-corrected chi connectivity index (χ2v) is 25.8. The molecule has 0 radical (unpaired) electrons. The van der Waals surface area contributed by atoms with E-state index in [1.54, 1.807) is 0 Å². The lowest BCUT2D eigenvalue weighted by Crippen LogP contribution is -2.46. The van der Waals surface area contributed by atoms with Crippen LogP contribution in [0.15, 0.2) is 0 Å². The lowest BCUT2D eigenvalue weighted by Gasteiger charge is -2.40. The molecule has 0 spiro atoms. The molecule has 3 nitrogen and oxygen atoms in total. The van der Waals surface area contributed by atoms with Crippen molar-refractivity contribution in [1.29, 1.82) is 0 Å². The number of hydrogen-bond donors (Lipinski definition) is 1. The molecule has 1 N–H and O–H groups in total. The highest BCUT2D eigenvalue weighted by Gasteiger charge is 2.39. The third kappa shape index (κ3) is 11.1. The van der Waals surface area contributed by atoms with Crippen LogP contribution in [-0.4, -0.2) is 48.1 Å². The summed E-state index contributed by atoms with van der Waals surface area (Å²) < 4.78 is 13.5. The molecule has 0 rings (SSSR count). The summed E-state index contributed by atoms with van der Waals surface area (Å²) in [6.07, 6.45) is 1.78. The Morgan fingerprint density at radius 3 is 1.77 bits per heavy atom. The molecule has 0 aliphatic rings. The molecule has 0 bridgehead atoms. The van der Waals surface area contributed by atoms with Crippen LogP contribution in [-0.2, 0) is 8.85 Å². The molecule has 0 saturated carbocycles. The molecule has 0 aromatic heterocycles. The number of rotatable bonds is 12. The van der Waals surface area contributed by atoms with Crippen LogP contribution >= 0.6 is 0 Å². The minimum absolute atomic E-state index is 0.0416. The Morgan fingerprint density at radius 2 is 1.37 bits per heavy atom. The summed E-state index contributed by atoms with van der Waals surface area (Å²) in [4.78, 5) is 0. The van der Waals surface area contributed by atoms with Gasteiger partial charge in [-0.25, -0.2) is 0 Å². The van der Waals surface area contributed by atoms with E-state index in [0.717, 1.165) is 24.6 Å². The standard InChI is InChI=1S/C24H52O3Si3/c1-13-30(14-2,15-3)27-23(20-22(25)17-16-18-28(8,9)10)19-21(4)26-29(11,12)24(5,6)7/h21-23,25H,13-15,17,19-20H2,1-12H3/t21-,22+,23+/m1/s1. The Bertz CT molecular complexity index is 540. The van der Waals surface area contributed by atoms with Gasteiger partial charge in [0.1, 0.15) is 8.07 Å². The second-order valence-electron chi connectivity index (χ2n) is 11.6. The van der Waals surface area contributed by atoms with E-state index in [1.165, 1.54) is 0 Å². The molecule has 0 saturated heterocycles. The number of aliphatic hydroxyl groups is 1. The van der Waals surface area contributed by atoms with Crippen LogP contribution in [0.2, 0.25) is 55.9 Å². The van der Waals surface area contributed by atoms with E-state index in [2.05, 4.69) is 92.7 Å². The average Bonchev–Trinajstić information content (AvgIpc) is 2.56. The van der Waals surface area contributed by atoms with Crippen LogP contribution in [0.1, 0.15) is 67.7 Å². The summed E-state index contributed by atoms with van der Waals surface area (Å²) in [6, 6.07) is 3.37. The molecule has 178 valence electrons. The summed E-state index contributed by atoms with van der Waals surface area (Å²) >= 11 is 0. The van der Waals surface area contributed by atoms with Crippen LogP contribution in [0.5, 0.6) is 0 Å². The minimum atomic E-state index is -1.82. The molecule has 0 aromatic carbocycles. The molecule has 0 amide bonds. The van der Waals surface area contributed by atoms with Crippen molar-refractivity contribution >= 4 is 24.7 Å². The largest absolute Gasteiger partial charge is 0.414 e. The van der Waals surface area contributed by atoms with Crippen molar-refractivity contribution in [2.75, 3.05) is 0 Å². The summed E-state index contributed by atoms with van der Waals surface area (Å²) in [5.41, 5.74) is 3.37. The highest BCUT2D eigenvalue weighted by atomic mass is 28.4. The summed E-state index contributed by atoms with van der Waals surface area (Å²) in [5, 5.41) is 10.9. The first-order chi connectivity index (χ1) is 13.5. The predicted octanol–water partition coefficient (Wildman–Crippen LogP) is 7.20. The van der Waals surface area contributed by atoms with Crippen molar-refractivity contribution in [3.05, 3.63) is 0 Å². The molecular formula is C24H52O3Si3. The van der Waals surface area contributed by atoms with Crippen molar-refractivity contribution in [2.24, 2.45) is 0 Å². The number of aliphatic hydroxyl groups excluding tert-OH is 1. The topological polar surface area (TPSA) is 38.7 Å². The van der Waals surface area contributed by atoms with Gasteiger partial charge in [0.25, 0.3) is 0 Å². The molecule has 3 atom stereocenters. The highest BCUT2D eigenvalue weighted by Crippen LogP contribution is 2.38. The fourth-order valence-corrected chi connectivity index (χ4v) is 8.45. The summed E-state index contributed by atoms with van der Waals surface area (Å²) in [6.45, 7) is 27.2. The van der Waals surface area contributed by atoms with Crippen LogP contribution < -0.4 is 0 Å².